The van der Waals surface area contributed by atoms with Gasteiger partial charge in [0.1, 0.15) is 5.82 Å². The monoisotopic (exact) mass is 248 g/mol. The Morgan fingerprint density at radius 1 is 1.22 bits per heavy atom. The van der Waals surface area contributed by atoms with E-state index >= 15 is 0 Å². The van der Waals surface area contributed by atoms with Crippen LogP contribution in [0.4, 0.5) is 14.6 Å². The van der Waals surface area contributed by atoms with Crippen molar-refractivity contribution < 1.29 is 8.78 Å². The van der Waals surface area contributed by atoms with E-state index in [0.717, 1.165) is 16.3 Å². The van der Waals surface area contributed by atoms with Gasteiger partial charge in [-0.3, -0.25) is 0 Å². The summed E-state index contributed by atoms with van der Waals surface area (Å²) in [6.45, 7) is 2.03. The van der Waals surface area contributed by atoms with Crippen LogP contribution in [0.3, 0.4) is 0 Å². The van der Waals surface area contributed by atoms with E-state index < -0.39 is 5.92 Å². The highest BCUT2D eigenvalue weighted by molar-refractivity contribution is 5.93. The molecule has 1 aliphatic rings. The first kappa shape index (κ1) is 11.4. The van der Waals surface area contributed by atoms with Crippen molar-refractivity contribution in [3.8, 4) is 0 Å². The van der Waals surface area contributed by atoms with Crippen LogP contribution in [-0.4, -0.2) is 16.9 Å². The molecule has 0 atom stereocenters. The van der Waals surface area contributed by atoms with Crippen LogP contribution in [0.5, 0.6) is 0 Å². The van der Waals surface area contributed by atoms with Gasteiger partial charge in [0.2, 0.25) is 0 Å². The van der Waals surface area contributed by atoms with Crippen LogP contribution < -0.4 is 5.32 Å². The van der Waals surface area contributed by atoms with E-state index in [0.29, 0.717) is 5.82 Å². The van der Waals surface area contributed by atoms with E-state index in [1.54, 1.807) is 6.20 Å². The third-order valence-corrected chi connectivity index (χ3v) is 3.46. The lowest BCUT2D eigenvalue weighted by Crippen LogP contribution is -2.44. The first-order valence-corrected chi connectivity index (χ1v) is 6.04. The number of hydrogen-bond donors (Lipinski definition) is 1. The molecule has 0 amide bonds. The molecule has 2 aromatic rings. The van der Waals surface area contributed by atoms with Crippen LogP contribution in [0, 0.1) is 6.92 Å². The van der Waals surface area contributed by atoms with Crippen molar-refractivity contribution in [3.05, 3.63) is 36.0 Å². The fourth-order valence-electron chi connectivity index (χ4n) is 2.44. The number of alkyl halides is 2. The predicted octanol–water partition coefficient (Wildman–Crippen LogP) is 3.75. The van der Waals surface area contributed by atoms with Crippen molar-refractivity contribution in [2.45, 2.75) is 31.7 Å². The number of pyridine rings is 1. The first-order valence-electron chi connectivity index (χ1n) is 6.04. The number of benzene rings is 1. The fraction of sp³-hybridized carbons (Fsp3) is 0.357. The van der Waals surface area contributed by atoms with Gasteiger partial charge in [-0.15, -0.1) is 0 Å². The molecule has 0 unspecified atom stereocenters. The maximum Gasteiger partial charge on any atom is 0.252 e. The number of anilines is 1. The Hall–Kier alpha value is -1.71. The molecule has 1 heterocycles. The Balaban J connectivity index is 1.91. The van der Waals surface area contributed by atoms with Gasteiger partial charge < -0.3 is 5.32 Å². The largest absolute Gasteiger partial charge is 0.366 e. The lowest BCUT2D eigenvalue weighted by molar-refractivity contribution is -0.0793. The number of aromatic nitrogens is 1. The highest BCUT2D eigenvalue weighted by atomic mass is 19.3. The Morgan fingerprint density at radius 3 is 2.72 bits per heavy atom. The second-order valence-electron chi connectivity index (χ2n) is 4.94. The van der Waals surface area contributed by atoms with E-state index in [1.807, 2.05) is 31.2 Å². The number of fused-ring (bicyclic) bond motifs is 1. The zero-order valence-electron chi connectivity index (χ0n) is 10.1. The molecule has 0 aliphatic heterocycles. The minimum atomic E-state index is -2.50. The molecule has 1 aromatic carbocycles. The van der Waals surface area contributed by atoms with Gasteiger partial charge in [-0.2, -0.15) is 0 Å². The minimum Gasteiger partial charge on any atom is -0.366 e. The van der Waals surface area contributed by atoms with Gasteiger partial charge in [-0.1, -0.05) is 18.2 Å². The number of aryl methyl sites for hydroxylation is 1. The summed E-state index contributed by atoms with van der Waals surface area (Å²) >= 11 is 0. The lowest BCUT2D eigenvalue weighted by Gasteiger charge is -2.35. The summed E-state index contributed by atoms with van der Waals surface area (Å²) in [7, 11) is 0. The summed E-state index contributed by atoms with van der Waals surface area (Å²) in [4.78, 5) is 4.26. The molecule has 0 spiro atoms. The Labute approximate surface area is 104 Å². The molecule has 1 saturated carbocycles. The average Bonchev–Trinajstić information content (AvgIpc) is 2.28. The van der Waals surface area contributed by atoms with E-state index in [-0.39, 0.29) is 18.9 Å². The van der Waals surface area contributed by atoms with Crippen LogP contribution in [0.15, 0.2) is 30.5 Å². The Bertz CT molecular complexity index is 587. The van der Waals surface area contributed by atoms with Crippen molar-refractivity contribution in [2.75, 3.05) is 5.32 Å². The molecule has 4 heteroatoms. The molecule has 1 fully saturated rings. The van der Waals surface area contributed by atoms with Crippen LogP contribution in [-0.2, 0) is 0 Å². The van der Waals surface area contributed by atoms with Crippen LogP contribution in [0.25, 0.3) is 10.8 Å². The van der Waals surface area contributed by atoms with Crippen molar-refractivity contribution in [1.29, 1.82) is 0 Å². The summed E-state index contributed by atoms with van der Waals surface area (Å²) in [5.41, 5.74) is 1.16. The van der Waals surface area contributed by atoms with Crippen molar-refractivity contribution >= 4 is 16.6 Å². The van der Waals surface area contributed by atoms with Gasteiger partial charge in [0, 0.05) is 30.5 Å². The van der Waals surface area contributed by atoms with Gasteiger partial charge in [0.25, 0.3) is 5.92 Å². The summed E-state index contributed by atoms with van der Waals surface area (Å²) in [5.74, 6) is -1.80. The third-order valence-electron chi connectivity index (χ3n) is 3.46. The van der Waals surface area contributed by atoms with Gasteiger partial charge in [0.15, 0.2) is 0 Å². The Kier molecular flexibility index (Phi) is 2.47. The van der Waals surface area contributed by atoms with Crippen molar-refractivity contribution in [1.82, 2.24) is 4.98 Å². The molecule has 3 rings (SSSR count). The van der Waals surface area contributed by atoms with E-state index in [4.69, 9.17) is 0 Å². The summed E-state index contributed by atoms with van der Waals surface area (Å²) in [5, 5.41) is 5.22. The number of rotatable bonds is 2. The second kappa shape index (κ2) is 3.90. The topological polar surface area (TPSA) is 24.9 Å². The molecule has 18 heavy (non-hydrogen) atoms. The molecule has 94 valence electrons. The molecule has 0 saturated heterocycles. The maximum absolute atomic E-state index is 12.8. The highest BCUT2D eigenvalue weighted by Crippen LogP contribution is 2.39. The zero-order chi connectivity index (χ0) is 12.8. The van der Waals surface area contributed by atoms with Crippen molar-refractivity contribution in [3.63, 3.8) is 0 Å². The number of halogens is 2. The molecular formula is C14H14F2N2. The molecule has 0 radical (unpaired) electrons. The smallest absolute Gasteiger partial charge is 0.252 e. The first-order chi connectivity index (χ1) is 8.55. The van der Waals surface area contributed by atoms with Gasteiger partial charge in [-0.05, 0) is 23.9 Å². The second-order valence-corrected chi connectivity index (χ2v) is 4.94. The molecule has 0 bridgehead atoms. The highest BCUT2D eigenvalue weighted by Gasteiger charge is 2.45. The van der Waals surface area contributed by atoms with E-state index in [1.165, 1.54) is 0 Å². The van der Waals surface area contributed by atoms with Crippen LogP contribution in [0.1, 0.15) is 18.4 Å². The summed E-state index contributed by atoms with van der Waals surface area (Å²) in [6, 6.07) is 7.74. The minimum absolute atomic E-state index is 0.100. The van der Waals surface area contributed by atoms with Gasteiger partial charge >= 0.3 is 0 Å². The molecule has 1 aliphatic carbocycles. The van der Waals surface area contributed by atoms with E-state index in [9.17, 15) is 8.78 Å². The Morgan fingerprint density at radius 2 is 2.00 bits per heavy atom. The normalized spacial score (nSPS) is 18.6. The standard InChI is InChI=1S/C14H14F2N2/c1-9-3-2-4-12-11(9)5-6-17-13(12)18-10-7-14(15,16)8-10/h2-6,10H,7-8H2,1H3,(H,17,18). The van der Waals surface area contributed by atoms with Crippen LogP contribution >= 0.6 is 0 Å². The van der Waals surface area contributed by atoms with Crippen LogP contribution in [0.2, 0.25) is 0 Å². The number of nitrogens with zero attached hydrogens (tertiary/aromatic N) is 1. The fourth-order valence-corrected chi connectivity index (χ4v) is 2.44. The molecule has 1 N–H and O–H groups in total. The predicted molar refractivity (Wildman–Crippen MR) is 68.1 cm³/mol. The molecule has 1 aromatic heterocycles. The van der Waals surface area contributed by atoms with Gasteiger partial charge in [-0.25, -0.2) is 13.8 Å². The average molecular weight is 248 g/mol. The van der Waals surface area contributed by atoms with E-state index in [2.05, 4.69) is 10.3 Å². The lowest BCUT2D eigenvalue weighted by atomic mass is 9.88. The molecule has 2 nitrogen and oxygen atoms in total. The number of hydrogen-bond acceptors (Lipinski definition) is 2. The summed E-state index contributed by atoms with van der Waals surface area (Å²) < 4.78 is 25.6. The van der Waals surface area contributed by atoms with Gasteiger partial charge in [0.05, 0.1) is 0 Å². The molecular weight excluding hydrogens is 234 g/mol. The zero-order valence-corrected chi connectivity index (χ0v) is 10.1. The third kappa shape index (κ3) is 1.92. The quantitative estimate of drug-likeness (QED) is 0.875. The maximum atomic E-state index is 12.8. The number of nitrogens with one attached hydrogen (secondary N) is 1. The van der Waals surface area contributed by atoms with Crippen molar-refractivity contribution in [2.24, 2.45) is 0 Å². The SMILES string of the molecule is Cc1cccc2c(NC3CC(F)(F)C3)nccc12. The summed E-state index contributed by atoms with van der Waals surface area (Å²) in [6.07, 6.45) is 1.52.